The number of alkyl carbamates (subject to hydrolysis) is 1. The molecular formula is C27H31N5O4. The molecule has 188 valence electrons. The SMILES string of the molecule is CC(C)(C)OC(=O)NCC(COCc1ccccc1)n1c2ccccc2c2cc(C(N)=O)c(N)nc21. The second-order valence-electron chi connectivity index (χ2n) is 9.58. The van der Waals surface area contributed by atoms with Crippen molar-refractivity contribution in [2.75, 3.05) is 18.9 Å². The van der Waals surface area contributed by atoms with Gasteiger partial charge >= 0.3 is 6.09 Å². The predicted molar refractivity (Wildman–Crippen MR) is 140 cm³/mol. The zero-order valence-corrected chi connectivity index (χ0v) is 20.7. The summed E-state index contributed by atoms with van der Waals surface area (Å²) in [5.41, 5.74) is 13.6. The molecule has 5 N–H and O–H groups in total. The molecule has 2 aromatic heterocycles. The fraction of sp³-hybridized carbons (Fsp3) is 0.296. The summed E-state index contributed by atoms with van der Waals surface area (Å²) in [5.74, 6) is -0.601. The molecule has 0 fully saturated rings. The summed E-state index contributed by atoms with van der Waals surface area (Å²) < 4.78 is 13.5. The van der Waals surface area contributed by atoms with E-state index in [-0.39, 0.29) is 30.6 Å². The zero-order chi connectivity index (χ0) is 25.9. The fourth-order valence-electron chi connectivity index (χ4n) is 4.12. The maximum Gasteiger partial charge on any atom is 0.407 e. The summed E-state index contributed by atoms with van der Waals surface area (Å²) in [7, 11) is 0. The van der Waals surface area contributed by atoms with Crippen LogP contribution in [0.5, 0.6) is 0 Å². The van der Waals surface area contributed by atoms with Crippen LogP contribution in [0, 0.1) is 0 Å². The average molecular weight is 490 g/mol. The Morgan fingerprint density at radius 1 is 1.06 bits per heavy atom. The van der Waals surface area contributed by atoms with Gasteiger partial charge in [0.1, 0.15) is 17.1 Å². The molecule has 4 rings (SSSR count). The molecule has 1 unspecified atom stereocenters. The molecule has 0 saturated carbocycles. The number of para-hydroxylation sites is 1. The smallest absolute Gasteiger partial charge is 0.407 e. The molecular weight excluding hydrogens is 458 g/mol. The lowest BCUT2D eigenvalue weighted by Crippen LogP contribution is -2.37. The Kier molecular flexibility index (Phi) is 7.12. The maximum absolute atomic E-state index is 12.5. The fourth-order valence-corrected chi connectivity index (χ4v) is 4.12. The van der Waals surface area contributed by atoms with E-state index in [9.17, 15) is 9.59 Å². The van der Waals surface area contributed by atoms with Crippen LogP contribution in [0.1, 0.15) is 42.7 Å². The van der Waals surface area contributed by atoms with Crippen molar-refractivity contribution in [3.63, 3.8) is 0 Å². The number of nitrogens with one attached hydrogen (secondary N) is 1. The van der Waals surface area contributed by atoms with Gasteiger partial charge in [0.25, 0.3) is 5.91 Å². The molecule has 0 radical (unpaired) electrons. The van der Waals surface area contributed by atoms with Gasteiger partial charge < -0.3 is 30.8 Å². The molecule has 2 heterocycles. The van der Waals surface area contributed by atoms with Gasteiger partial charge in [-0.15, -0.1) is 0 Å². The molecule has 2 aromatic carbocycles. The molecule has 4 aromatic rings. The topological polar surface area (TPSA) is 134 Å². The van der Waals surface area contributed by atoms with Gasteiger partial charge in [-0.05, 0) is 38.5 Å². The molecule has 9 heteroatoms. The van der Waals surface area contributed by atoms with Crippen molar-refractivity contribution in [1.29, 1.82) is 0 Å². The van der Waals surface area contributed by atoms with Crippen LogP contribution < -0.4 is 16.8 Å². The van der Waals surface area contributed by atoms with Gasteiger partial charge in [-0.25, -0.2) is 9.78 Å². The number of hydrogen-bond donors (Lipinski definition) is 3. The van der Waals surface area contributed by atoms with Gasteiger partial charge in [-0.2, -0.15) is 0 Å². The van der Waals surface area contributed by atoms with Crippen LogP contribution in [0.4, 0.5) is 10.6 Å². The van der Waals surface area contributed by atoms with E-state index in [2.05, 4.69) is 10.3 Å². The largest absolute Gasteiger partial charge is 0.444 e. The minimum Gasteiger partial charge on any atom is -0.444 e. The van der Waals surface area contributed by atoms with E-state index < -0.39 is 17.6 Å². The normalized spacial score (nSPS) is 12.5. The van der Waals surface area contributed by atoms with Gasteiger partial charge in [-0.3, -0.25) is 4.79 Å². The van der Waals surface area contributed by atoms with Crippen LogP contribution in [0.2, 0.25) is 0 Å². The van der Waals surface area contributed by atoms with Gasteiger partial charge in [0.05, 0.1) is 30.3 Å². The van der Waals surface area contributed by atoms with Crippen molar-refractivity contribution >= 4 is 39.8 Å². The van der Waals surface area contributed by atoms with Crippen LogP contribution in [0.3, 0.4) is 0 Å². The number of aromatic nitrogens is 2. The molecule has 0 aliphatic rings. The number of carbonyl (C=O) groups excluding carboxylic acids is 2. The van der Waals surface area contributed by atoms with E-state index in [1.165, 1.54) is 0 Å². The number of primary amides is 1. The number of nitrogen functional groups attached to an aromatic ring is 1. The number of rotatable bonds is 8. The number of hydrogen-bond acceptors (Lipinski definition) is 6. The van der Waals surface area contributed by atoms with Crippen LogP contribution in [0.15, 0.2) is 60.7 Å². The van der Waals surface area contributed by atoms with E-state index in [4.69, 9.17) is 20.9 Å². The standard InChI is InChI=1S/C27H31N5O4/c1-27(2,3)36-26(34)30-14-18(16-35-15-17-9-5-4-6-10-17)32-22-12-8-7-11-19(22)20-13-21(24(29)33)23(28)31-25(20)32/h4-13,18H,14-16H2,1-3H3,(H2,28,31)(H2,29,33)(H,30,34). The lowest BCUT2D eigenvalue weighted by Gasteiger charge is -2.24. The highest BCUT2D eigenvalue weighted by Gasteiger charge is 2.24. The highest BCUT2D eigenvalue weighted by molar-refractivity contribution is 6.10. The second kappa shape index (κ2) is 10.2. The summed E-state index contributed by atoms with van der Waals surface area (Å²) in [4.78, 5) is 28.9. The summed E-state index contributed by atoms with van der Waals surface area (Å²) in [6, 6.07) is 18.9. The Labute approximate surface area is 209 Å². The van der Waals surface area contributed by atoms with Crippen LogP contribution in [0.25, 0.3) is 21.9 Å². The number of carbonyl (C=O) groups is 2. The number of pyridine rings is 1. The first-order valence-corrected chi connectivity index (χ1v) is 11.7. The number of nitrogens with two attached hydrogens (primary N) is 2. The van der Waals surface area contributed by atoms with Crippen LogP contribution in [-0.4, -0.2) is 40.3 Å². The van der Waals surface area contributed by atoms with Gasteiger partial charge in [0.2, 0.25) is 0 Å². The lowest BCUT2D eigenvalue weighted by atomic mass is 10.1. The lowest BCUT2D eigenvalue weighted by molar-refractivity contribution is 0.0493. The van der Waals surface area contributed by atoms with E-state index in [1.54, 1.807) is 6.07 Å². The minimum atomic E-state index is -0.645. The van der Waals surface area contributed by atoms with Crippen molar-refractivity contribution in [3.05, 3.63) is 71.8 Å². The first kappa shape index (κ1) is 25.0. The Morgan fingerprint density at radius 3 is 2.44 bits per heavy atom. The molecule has 0 spiro atoms. The Balaban J connectivity index is 1.73. The third kappa shape index (κ3) is 5.58. The van der Waals surface area contributed by atoms with Crippen molar-refractivity contribution in [3.8, 4) is 0 Å². The Hall–Kier alpha value is -4.11. The van der Waals surface area contributed by atoms with Crippen LogP contribution in [-0.2, 0) is 16.1 Å². The minimum absolute atomic E-state index is 0.0445. The Bertz CT molecular complexity index is 1390. The number of fused-ring (bicyclic) bond motifs is 3. The third-order valence-electron chi connectivity index (χ3n) is 5.65. The third-order valence-corrected chi connectivity index (χ3v) is 5.65. The molecule has 9 nitrogen and oxygen atoms in total. The van der Waals surface area contributed by atoms with Crippen molar-refractivity contribution in [2.24, 2.45) is 5.73 Å². The van der Waals surface area contributed by atoms with Gasteiger partial charge in [-0.1, -0.05) is 48.5 Å². The monoisotopic (exact) mass is 489 g/mol. The first-order chi connectivity index (χ1) is 17.1. The molecule has 0 saturated heterocycles. The number of amides is 2. The molecule has 0 bridgehead atoms. The summed E-state index contributed by atoms with van der Waals surface area (Å²) in [5, 5.41) is 4.47. The van der Waals surface area contributed by atoms with E-state index >= 15 is 0 Å². The summed E-state index contributed by atoms with van der Waals surface area (Å²) in [6.45, 7) is 6.32. The van der Waals surface area contributed by atoms with Gasteiger partial charge in [0.15, 0.2) is 0 Å². The Morgan fingerprint density at radius 2 is 1.75 bits per heavy atom. The molecule has 36 heavy (non-hydrogen) atoms. The number of nitrogens with zero attached hydrogens (tertiary/aromatic N) is 2. The summed E-state index contributed by atoms with van der Waals surface area (Å²) in [6.07, 6.45) is -0.528. The number of anilines is 1. The number of benzene rings is 2. The predicted octanol–water partition coefficient (Wildman–Crippen LogP) is 4.15. The highest BCUT2D eigenvalue weighted by Crippen LogP contribution is 2.33. The second-order valence-corrected chi connectivity index (χ2v) is 9.58. The van der Waals surface area contributed by atoms with Gasteiger partial charge in [0, 0.05) is 17.3 Å². The van der Waals surface area contributed by atoms with E-state index in [1.807, 2.05) is 79.9 Å². The van der Waals surface area contributed by atoms with E-state index in [0.29, 0.717) is 12.3 Å². The average Bonchev–Trinajstić information content (AvgIpc) is 3.13. The molecule has 1 atom stereocenters. The maximum atomic E-state index is 12.5. The first-order valence-electron chi connectivity index (χ1n) is 11.7. The highest BCUT2D eigenvalue weighted by atomic mass is 16.6. The van der Waals surface area contributed by atoms with Crippen molar-refractivity contribution < 1.29 is 19.1 Å². The molecule has 0 aliphatic heterocycles. The zero-order valence-electron chi connectivity index (χ0n) is 20.7. The van der Waals surface area contributed by atoms with Crippen LogP contribution >= 0.6 is 0 Å². The number of ether oxygens (including phenoxy) is 2. The van der Waals surface area contributed by atoms with Crippen molar-refractivity contribution in [2.45, 2.75) is 39.0 Å². The molecule has 2 amide bonds. The van der Waals surface area contributed by atoms with Crippen molar-refractivity contribution in [1.82, 2.24) is 14.9 Å². The summed E-state index contributed by atoms with van der Waals surface area (Å²) >= 11 is 0. The quantitative estimate of drug-likeness (QED) is 0.340. The molecule has 0 aliphatic carbocycles. The van der Waals surface area contributed by atoms with E-state index in [0.717, 1.165) is 21.9 Å².